The summed E-state index contributed by atoms with van der Waals surface area (Å²) < 4.78 is 0. The first-order valence-electron chi connectivity index (χ1n) is 7.85. The van der Waals surface area contributed by atoms with Gasteiger partial charge in [0.2, 0.25) is 5.91 Å². The summed E-state index contributed by atoms with van der Waals surface area (Å²) in [5.41, 5.74) is -0.0632. The summed E-state index contributed by atoms with van der Waals surface area (Å²) in [4.78, 5) is 40.2. The summed E-state index contributed by atoms with van der Waals surface area (Å²) in [6.07, 6.45) is 0.729. The molecule has 8 nitrogen and oxygen atoms in total. The molecular formula is C16H22N4O4. The molecule has 0 aromatic heterocycles. The van der Waals surface area contributed by atoms with E-state index in [0.29, 0.717) is 26.2 Å². The molecule has 0 saturated carbocycles. The van der Waals surface area contributed by atoms with Gasteiger partial charge in [0.05, 0.1) is 11.5 Å². The monoisotopic (exact) mass is 334 g/mol. The largest absolute Gasteiger partial charge is 0.348 e. The van der Waals surface area contributed by atoms with E-state index in [1.54, 1.807) is 36.0 Å². The maximum Gasteiger partial charge on any atom is 0.282 e. The van der Waals surface area contributed by atoms with E-state index < -0.39 is 4.92 Å². The summed E-state index contributed by atoms with van der Waals surface area (Å²) in [6.45, 7) is 2.59. The van der Waals surface area contributed by atoms with Crippen LogP contribution in [0.15, 0.2) is 24.3 Å². The smallest absolute Gasteiger partial charge is 0.282 e. The number of para-hydroxylation sites is 1. The second-order valence-electron chi connectivity index (χ2n) is 5.98. The Morgan fingerprint density at radius 2 is 1.88 bits per heavy atom. The highest BCUT2D eigenvalue weighted by Gasteiger charge is 2.26. The molecule has 1 aromatic rings. The third-order valence-electron chi connectivity index (χ3n) is 4.06. The number of nitro benzene ring substituents is 1. The van der Waals surface area contributed by atoms with Gasteiger partial charge < -0.3 is 9.80 Å². The zero-order valence-electron chi connectivity index (χ0n) is 14.0. The van der Waals surface area contributed by atoms with E-state index in [4.69, 9.17) is 0 Å². The van der Waals surface area contributed by atoms with Crippen LogP contribution < -0.4 is 0 Å². The van der Waals surface area contributed by atoms with Gasteiger partial charge in [-0.05, 0) is 12.5 Å². The van der Waals surface area contributed by atoms with E-state index in [1.165, 1.54) is 12.1 Å². The van der Waals surface area contributed by atoms with Crippen molar-refractivity contribution in [3.63, 3.8) is 0 Å². The average Bonchev–Trinajstić information content (AvgIpc) is 2.79. The van der Waals surface area contributed by atoms with Gasteiger partial charge in [-0.1, -0.05) is 12.1 Å². The number of benzene rings is 1. The minimum atomic E-state index is -0.535. The second kappa shape index (κ2) is 7.87. The molecule has 1 fully saturated rings. The van der Waals surface area contributed by atoms with Crippen LogP contribution in [-0.2, 0) is 4.79 Å². The lowest BCUT2D eigenvalue weighted by Gasteiger charge is -2.22. The Bertz CT molecular complexity index is 632. The molecule has 24 heavy (non-hydrogen) atoms. The molecule has 0 aliphatic carbocycles. The first kappa shape index (κ1) is 17.9. The predicted molar refractivity (Wildman–Crippen MR) is 88.8 cm³/mol. The zero-order chi connectivity index (χ0) is 17.7. The number of hydrogen-bond acceptors (Lipinski definition) is 5. The van der Waals surface area contributed by atoms with Crippen LogP contribution in [0.3, 0.4) is 0 Å². The Kier molecular flexibility index (Phi) is 5.86. The molecule has 130 valence electrons. The summed E-state index contributed by atoms with van der Waals surface area (Å²) in [7, 11) is 3.43. The normalized spacial score (nSPS) is 15.7. The molecule has 0 atom stereocenters. The van der Waals surface area contributed by atoms with Crippen molar-refractivity contribution in [2.75, 3.05) is 46.8 Å². The number of rotatable bonds is 4. The number of amides is 2. The lowest BCUT2D eigenvalue weighted by molar-refractivity contribution is -0.385. The van der Waals surface area contributed by atoms with Gasteiger partial charge in [0.1, 0.15) is 5.56 Å². The molecule has 1 aliphatic rings. The third kappa shape index (κ3) is 4.29. The van der Waals surface area contributed by atoms with E-state index in [2.05, 4.69) is 0 Å². The molecule has 0 unspecified atom stereocenters. The maximum absolute atomic E-state index is 12.6. The van der Waals surface area contributed by atoms with Crippen molar-refractivity contribution in [3.8, 4) is 0 Å². The van der Waals surface area contributed by atoms with Crippen molar-refractivity contribution in [2.45, 2.75) is 6.42 Å². The molecular weight excluding hydrogens is 312 g/mol. The Labute approximate surface area is 140 Å². The van der Waals surface area contributed by atoms with Gasteiger partial charge in [-0.25, -0.2) is 0 Å². The summed E-state index contributed by atoms with van der Waals surface area (Å²) >= 11 is 0. The molecule has 0 bridgehead atoms. The van der Waals surface area contributed by atoms with Crippen molar-refractivity contribution in [3.05, 3.63) is 39.9 Å². The summed E-state index contributed by atoms with van der Waals surface area (Å²) in [5.74, 6) is -0.309. The number of hydrogen-bond donors (Lipinski definition) is 0. The Morgan fingerprint density at radius 1 is 1.17 bits per heavy atom. The van der Waals surface area contributed by atoms with Gasteiger partial charge in [-0.2, -0.15) is 0 Å². The number of likely N-dealkylation sites (N-methyl/N-ethyl adjacent to an activating group) is 1. The van der Waals surface area contributed by atoms with E-state index >= 15 is 0 Å². The Morgan fingerprint density at radius 3 is 2.54 bits per heavy atom. The highest BCUT2D eigenvalue weighted by atomic mass is 16.6. The molecule has 1 saturated heterocycles. The van der Waals surface area contributed by atoms with Gasteiger partial charge in [0, 0.05) is 46.3 Å². The van der Waals surface area contributed by atoms with E-state index in [1.807, 2.05) is 4.90 Å². The lowest BCUT2D eigenvalue weighted by Crippen LogP contribution is -2.39. The van der Waals surface area contributed by atoms with Crippen LogP contribution >= 0.6 is 0 Å². The first-order valence-corrected chi connectivity index (χ1v) is 7.85. The molecule has 8 heteroatoms. The molecule has 0 N–H and O–H groups in total. The first-order chi connectivity index (χ1) is 11.4. The standard InChI is InChI=1S/C16H22N4O4/c1-17(2)15(21)12-18-8-5-9-19(11-10-18)16(22)13-6-3-4-7-14(13)20(23)24/h3-4,6-7H,5,8-12H2,1-2H3. The van der Waals surface area contributed by atoms with Gasteiger partial charge in [-0.3, -0.25) is 24.6 Å². The molecule has 0 radical (unpaired) electrons. The molecule has 1 aromatic carbocycles. The fourth-order valence-corrected chi connectivity index (χ4v) is 2.65. The quantitative estimate of drug-likeness (QED) is 0.601. The highest BCUT2D eigenvalue weighted by molar-refractivity contribution is 5.98. The SMILES string of the molecule is CN(C)C(=O)CN1CCCN(C(=O)c2ccccc2[N+](=O)[O-])CC1. The van der Waals surface area contributed by atoms with Gasteiger partial charge >= 0.3 is 0 Å². The summed E-state index contributed by atoms with van der Waals surface area (Å²) in [6, 6.07) is 6.00. The minimum Gasteiger partial charge on any atom is -0.348 e. The van der Waals surface area contributed by atoms with Gasteiger partial charge in [-0.15, -0.1) is 0 Å². The van der Waals surface area contributed by atoms with Crippen molar-refractivity contribution < 1.29 is 14.5 Å². The van der Waals surface area contributed by atoms with Crippen LogP contribution in [0.5, 0.6) is 0 Å². The van der Waals surface area contributed by atoms with Crippen molar-refractivity contribution in [1.82, 2.24) is 14.7 Å². The number of carbonyl (C=O) groups excluding carboxylic acids is 2. The van der Waals surface area contributed by atoms with Crippen molar-refractivity contribution >= 4 is 17.5 Å². The van der Waals surface area contributed by atoms with Crippen LogP contribution in [0.2, 0.25) is 0 Å². The van der Waals surface area contributed by atoms with Crippen LogP contribution in [0.4, 0.5) is 5.69 Å². The number of nitrogens with zero attached hydrogens (tertiary/aromatic N) is 4. The topological polar surface area (TPSA) is 87.0 Å². The highest BCUT2D eigenvalue weighted by Crippen LogP contribution is 2.20. The fourth-order valence-electron chi connectivity index (χ4n) is 2.65. The molecule has 1 heterocycles. The predicted octanol–water partition coefficient (Wildman–Crippen LogP) is 0.831. The minimum absolute atomic E-state index is 0.0217. The fraction of sp³-hybridized carbons (Fsp3) is 0.500. The molecule has 2 amide bonds. The van der Waals surface area contributed by atoms with Crippen LogP contribution in [0, 0.1) is 10.1 Å². The average molecular weight is 334 g/mol. The Hall–Kier alpha value is -2.48. The van der Waals surface area contributed by atoms with Crippen LogP contribution in [0.25, 0.3) is 0 Å². The summed E-state index contributed by atoms with van der Waals surface area (Å²) in [5, 5.41) is 11.1. The van der Waals surface area contributed by atoms with Crippen molar-refractivity contribution in [1.29, 1.82) is 0 Å². The van der Waals surface area contributed by atoms with Crippen LogP contribution in [0.1, 0.15) is 16.8 Å². The number of nitro groups is 1. The van der Waals surface area contributed by atoms with Crippen LogP contribution in [-0.4, -0.2) is 78.3 Å². The van der Waals surface area contributed by atoms with Gasteiger partial charge in [0.25, 0.3) is 11.6 Å². The van der Waals surface area contributed by atoms with E-state index in [9.17, 15) is 19.7 Å². The molecule has 1 aliphatic heterocycles. The third-order valence-corrected chi connectivity index (χ3v) is 4.06. The van der Waals surface area contributed by atoms with Crippen molar-refractivity contribution in [2.24, 2.45) is 0 Å². The zero-order valence-corrected chi connectivity index (χ0v) is 14.0. The number of carbonyl (C=O) groups is 2. The second-order valence-corrected chi connectivity index (χ2v) is 5.98. The Balaban J connectivity index is 2.05. The maximum atomic E-state index is 12.6. The molecule has 2 rings (SSSR count). The van der Waals surface area contributed by atoms with Gasteiger partial charge in [0.15, 0.2) is 0 Å². The van der Waals surface area contributed by atoms with E-state index in [0.717, 1.165) is 13.0 Å². The molecule has 0 spiro atoms. The van der Waals surface area contributed by atoms with E-state index in [-0.39, 0.29) is 23.1 Å². The lowest BCUT2D eigenvalue weighted by atomic mass is 10.1.